The van der Waals surface area contributed by atoms with Crippen LogP contribution in [0.15, 0.2) is 24.5 Å². The van der Waals surface area contributed by atoms with Gasteiger partial charge in [-0.2, -0.15) is 9.78 Å². The summed E-state index contributed by atoms with van der Waals surface area (Å²) in [4.78, 5) is 11.4. The SMILES string of the molecule is Cc1cccc(-n2ncnc2[C@@H](C)N2C[C@@H](C)O[C@@H](C)C2)n1. The minimum Gasteiger partial charge on any atom is -0.373 e. The fourth-order valence-electron chi connectivity index (χ4n) is 3.06. The van der Waals surface area contributed by atoms with Crippen LogP contribution in [0.5, 0.6) is 0 Å². The van der Waals surface area contributed by atoms with Gasteiger partial charge in [0.15, 0.2) is 11.6 Å². The van der Waals surface area contributed by atoms with Crippen molar-refractivity contribution < 1.29 is 4.74 Å². The van der Waals surface area contributed by atoms with Gasteiger partial charge in [0.05, 0.1) is 18.2 Å². The van der Waals surface area contributed by atoms with Gasteiger partial charge in [0.1, 0.15) is 6.33 Å². The number of hydrogen-bond donors (Lipinski definition) is 0. The quantitative estimate of drug-likeness (QED) is 0.869. The highest BCUT2D eigenvalue weighted by Crippen LogP contribution is 2.24. The highest BCUT2D eigenvalue weighted by Gasteiger charge is 2.29. The van der Waals surface area contributed by atoms with E-state index in [4.69, 9.17) is 4.74 Å². The average molecular weight is 301 g/mol. The third-order valence-electron chi connectivity index (χ3n) is 4.03. The van der Waals surface area contributed by atoms with E-state index in [2.05, 4.69) is 40.7 Å². The van der Waals surface area contributed by atoms with Gasteiger partial charge >= 0.3 is 0 Å². The Morgan fingerprint density at radius 1 is 1.23 bits per heavy atom. The predicted molar refractivity (Wildman–Crippen MR) is 83.9 cm³/mol. The summed E-state index contributed by atoms with van der Waals surface area (Å²) in [5.74, 6) is 1.73. The molecule has 0 aliphatic carbocycles. The van der Waals surface area contributed by atoms with E-state index in [0.717, 1.165) is 30.4 Å². The molecule has 0 amide bonds. The summed E-state index contributed by atoms with van der Waals surface area (Å²) in [5, 5.41) is 4.37. The Kier molecular flexibility index (Phi) is 4.22. The summed E-state index contributed by atoms with van der Waals surface area (Å²) >= 11 is 0. The van der Waals surface area contributed by atoms with Crippen LogP contribution >= 0.6 is 0 Å². The van der Waals surface area contributed by atoms with Crippen molar-refractivity contribution in [2.24, 2.45) is 0 Å². The number of ether oxygens (including phenoxy) is 1. The second kappa shape index (κ2) is 6.14. The van der Waals surface area contributed by atoms with E-state index in [0.29, 0.717) is 0 Å². The molecule has 3 atom stereocenters. The van der Waals surface area contributed by atoms with Gasteiger partial charge < -0.3 is 4.74 Å². The van der Waals surface area contributed by atoms with Gasteiger partial charge in [0.25, 0.3) is 0 Å². The number of morpholine rings is 1. The van der Waals surface area contributed by atoms with Gasteiger partial charge in [-0.3, -0.25) is 4.90 Å². The first kappa shape index (κ1) is 15.1. The molecule has 1 aliphatic heterocycles. The van der Waals surface area contributed by atoms with Gasteiger partial charge in [0, 0.05) is 18.8 Å². The molecule has 1 aliphatic rings. The molecule has 22 heavy (non-hydrogen) atoms. The van der Waals surface area contributed by atoms with Crippen molar-refractivity contribution in [3.05, 3.63) is 36.0 Å². The first-order valence-corrected chi connectivity index (χ1v) is 7.78. The second-order valence-corrected chi connectivity index (χ2v) is 6.05. The summed E-state index contributed by atoms with van der Waals surface area (Å²) < 4.78 is 7.65. The normalized spacial score (nSPS) is 24.4. The largest absolute Gasteiger partial charge is 0.373 e. The highest BCUT2D eigenvalue weighted by atomic mass is 16.5. The number of nitrogens with zero attached hydrogens (tertiary/aromatic N) is 5. The van der Waals surface area contributed by atoms with Gasteiger partial charge in [-0.25, -0.2) is 9.97 Å². The summed E-state index contributed by atoms with van der Waals surface area (Å²) in [6.45, 7) is 10.2. The molecule has 6 nitrogen and oxygen atoms in total. The Bertz CT molecular complexity index is 631. The minimum atomic E-state index is 0.165. The summed E-state index contributed by atoms with van der Waals surface area (Å²) in [5.41, 5.74) is 0.972. The number of aromatic nitrogens is 4. The Morgan fingerprint density at radius 3 is 2.64 bits per heavy atom. The zero-order valence-corrected chi connectivity index (χ0v) is 13.6. The van der Waals surface area contributed by atoms with Crippen LogP contribution in [-0.2, 0) is 4.74 Å². The Hall–Kier alpha value is -1.79. The van der Waals surface area contributed by atoms with Crippen LogP contribution in [0.3, 0.4) is 0 Å². The number of pyridine rings is 1. The van der Waals surface area contributed by atoms with E-state index in [-0.39, 0.29) is 18.2 Å². The van der Waals surface area contributed by atoms with E-state index in [9.17, 15) is 0 Å². The maximum Gasteiger partial charge on any atom is 0.155 e. The highest BCUT2D eigenvalue weighted by molar-refractivity contribution is 5.24. The van der Waals surface area contributed by atoms with Crippen LogP contribution in [0, 0.1) is 6.92 Å². The lowest BCUT2D eigenvalue weighted by atomic mass is 10.1. The second-order valence-electron chi connectivity index (χ2n) is 6.05. The molecule has 0 N–H and O–H groups in total. The Morgan fingerprint density at radius 2 is 1.95 bits per heavy atom. The van der Waals surface area contributed by atoms with E-state index in [1.165, 1.54) is 0 Å². The Labute approximate surface area is 131 Å². The summed E-state index contributed by atoms with van der Waals surface area (Å²) in [6.07, 6.45) is 2.07. The zero-order valence-electron chi connectivity index (χ0n) is 13.6. The van der Waals surface area contributed by atoms with E-state index >= 15 is 0 Å². The maximum atomic E-state index is 5.82. The molecule has 0 aromatic carbocycles. The fourth-order valence-corrected chi connectivity index (χ4v) is 3.06. The van der Waals surface area contributed by atoms with Crippen LogP contribution < -0.4 is 0 Å². The molecule has 0 saturated carbocycles. The summed E-state index contributed by atoms with van der Waals surface area (Å²) in [6, 6.07) is 6.10. The summed E-state index contributed by atoms with van der Waals surface area (Å²) in [7, 11) is 0. The third-order valence-corrected chi connectivity index (χ3v) is 4.03. The van der Waals surface area contributed by atoms with Crippen molar-refractivity contribution in [2.45, 2.75) is 45.9 Å². The minimum absolute atomic E-state index is 0.165. The number of hydrogen-bond acceptors (Lipinski definition) is 5. The third kappa shape index (κ3) is 3.03. The van der Waals surface area contributed by atoms with Crippen molar-refractivity contribution in [3.8, 4) is 5.82 Å². The first-order chi connectivity index (χ1) is 10.5. The molecule has 118 valence electrons. The van der Waals surface area contributed by atoms with Crippen molar-refractivity contribution in [1.29, 1.82) is 0 Å². The van der Waals surface area contributed by atoms with Gasteiger partial charge in [-0.15, -0.1) is 0 Å². The van der Waals surface area contributed by atoms with Gasteiger partial charge in [-0.05, 0) is 39.8 Å². The first-order valence-electron chi connectivity index (χ1n) is 7.78. The van der Waals surface area contributed by atoms with E-state index in [1.54, 1.807) is 6.33 Å². The predicted octanol–water partition coefficient (Wildman–Crippen LogP) is 2.14. The molecule has 1 fully saturated rings. The standard InChI is InChI=1S/C16H23N5O/c1-11-6-5-7-15(19-11)21-16(17-10-18-21)14(4)20-8-12(2)22-13(3)9-20/h5-7,10,12-14H,8-9H2,1-4H3/t12-,13+,14-/m1/s1. The van der Waals surface area contributed by atoms with Crippen LogP contribution in [0.25, 0.3) is 5.82 Å². The Balaban J connectivity index is 1.88. The van der Waals surface area contributed by atoms with E-state index in [1.807, 2.05) is 29.8 Å². The molecular formula is C16H23N5O. The lowest BCUT2D eigenvalue weighted by molar-refractivity contribution is -0.0800. The number of rotatable bonds is 3. The molecule has 0 bridgehead atoms. The van der Waals surface area contributed by atoms with Crippen LogP contribution in [-0.4, -0.2) is 49.9 Å². The van der Waals surface area contributed by atoms with Crippen molar-refractivity contribution in [2.75, 3.05) is 13.1 Å². The smallest absolute Gasteiger partial charge is 0.155 e. The molecule has 3 rings (SSSR count). The lowest BCUT2D eigenvalue weighted by Gasteiger charge is -2.38. The van der Waals surface area contributed by atoms with Crippen molar-refractivity contribution in [3.63, 3.8) is 0 Å². The monoisotopic (exact) mass is 301 g/mol. The molecule has 0 radical (unpaired) electrons. The fraction of sp³-hybridized carbons (Fsp3) is 0.562. The molecule has 1 saturated heterocycles. The maximum absolute atomic E-state index is 5.82. The lowest BCUT2D eigenvalue weighted by Crippen LogP contribution is -2.46. The molecule has 2 aromatic heterocycles. The van der Waals surface area contributed by atoms with Crippen LogP contribution in [0.1, 0.15) is 38.3 Å². The zero-order chi connectivity index (χ0) is 15.7. The topological polar surface area (TPSA) is 56.1 Å². The van der Waals surface area contributed by atoms with Crippen LogP contribution in [0.2, 0.25) is 0 Å². The van der Waals surface area contributed by atoms with Gasteiger partial charge in [-0.1, -0.05) is 6.07 Å². The molecular weight excluding hydrogens is 278 g/mol. The molecule has 0 unspecified atom stereocenters. The molecule has 2 aromatic rings. The van der Waals surface area contributed by atoms with Gasteiger partial charge in [0.2, 0.25) is 0 Å². The molecule has 0 spiro atoms. The van der Waals surface area contributed by atoms with Crippen LogP contribution in [0.4, 0.5) is 0 Å². The van der Waals surface area contributed by atoms with Crippen molar-refractivity contribution >= 4 is 0 Å². The van der Waals surface area contributed by atoms with E-state index < -0.39 is 0 Å². The molecule has 3 heterocycles. The molecule has 6 heteroatoms. The number of aryl methyl sites for hydroxylation is 1. The average Bonchev–Trinajstić information content (AvgIpc) is 2.94. The van der Waals surface area contributed by atoms with Crippen molar-refractivity contribution in [1.82, 2.24) is 24.6 Å².